The van der Waals surface area contributed by atoms with Gasteiger partial charge in [-0.1, -0.05) is 6.07 Å². The van der Waals surface area contributed by atoms with Gasteiger partial charge >= 0.3 is 0 Å². The Morgan fingerprint density at radius 1 is 1.10 bits per heavy atom. The highest BCUT2D eigenvalue weighted by molar-refractivity contribution is 9.10. The molecule has 0 bridgehead atoms. The van der Waals surface area contributed by atoms with Crippen molar-refractivity contribution in [2.24, 2.45) is 0 Å². The van der Waals surface area contributed by atoms with Crippen LogP contribution in [0.3, 0.4) is 0 Å². The SMILES string of the molecule is COc1ccc(OC)c(CN2CCN(C(C)C(=O)Nc3ccc(C)cc3Br)CC2)c1. The van der Waals surface area contributed by atoms with Crippen LogP contribution in [0.15, 0.2) is 40.9 Å². The molecule has 1 N–H and O–H groups in total. The van der Waals surface area contributed by atoms with Gasteiger partial charge in [-0.15, -0.1) is 0 Å². The maximum absolute atomic E-state index is 12.8. The predicted molar refractivity (Wildman–Crippen MR) is 123 cm³/mol. The van der Waals surface area contributed by atoms with Crippen molar-refractivity contribution in [3.05, 3.63) is 52.0 Å². The summed E-state index contributed by atoms with van der Waals surface area (Å²) in [4.78, 5) is 17.4. The summed E-state index contributed by atoms with van der Waals surface area (Å²) in [7, 11) is 3.36. The molecule has 30 heavy (non-hydrogen) atoms. The van der Waals surface area contributed by atoms with Crippen molar-refractivity contribution in [2.45, 2.75) is 26.4 Å². The van der Waals surface area contributed by atoms with Gasteiger partial charge in [0.05, 0.1) is 25.9 Å². The highest BCUT2D eigenvalue weighted by atomic mass is 79.9. The molecule has 7 heteroatoms. The lowest BCUT2D eigenvalue weighted by molar-refractivity contribution is -0.121. The van der Waals surface area contributed by atoms with Crippen LogP contribution >= 0.6 is 15.9 Å². The number of rotatable bonds is 7. The van der Waals surface area contributed by atoms with Crippen molar-refractivity contribution >= 4 is 27.5 Å². The number of aryl methyl sites for hydroxylation is 1. The number of hydrogen-bond donors (Lipinski definition) is 1. The van der Waals surface area contributed by atoms with Crippen LogP contribution in [0.2, 0.25) is 0 Å². The molecule has 2 aromatic carbocycles. The van der Waals surface area contributed by atoms with E-state index in [0.717, 1.165) is 65.5 Å². The molecule has 162 valence electrons. The van der Waals surface area contributed by atoms with Crippen LogP contribution in [0, 0.1) is 6.92 Å². The van der Waals surface area contributed by atoms with Crippen LogP contribution in [0.25, 0.3) is 0 Å². The van der Waals surface area contributed by atoms with Crippen molar-refractivity contribution in [3.8, 4) is 11.5 Å². The monoisotopic (exact) mass is 475 g/mol. The van der Waals surface area contributed by atoms with Crippen molar-refractivity contribution < 1.29 is 14.3 Å². The molecule has 0 aromatic heterocycles. The molecule has 1 atom stereocenters. The maximum atomic E-state index is 12.8. The van der Waals surface area contributed by atoms with Crippen LogP contribution in [0.1, 0.15) is 18.1 Å². The van der Waals surface area contributed by atoms with E-state index in [1.54, 1.807) is 14.2 Å². The zero-order valence-corrected chi connectivity index (χ0v) is 19.7. The molecule has 1 unspecified atom stereocenters. The largest absolute Gasteiger partial charge is 0.497 e. The molecule has 1 saturated heterocycles. The quantitative estimate of drug-likeness (QED) is 0.657. The van der Waals surface area contributed by atoms with E-state index in [1.807, 2.05) is 50.2 Å². The zero-order chi connectivity index (χ0) is 21.7. The van der Waals surface area contributed by atoms with E-state index in [-0.39, 0.29) is 11.9 Å². The summed E-state index contributed by atoms with van der Waals surface area (Å²) in [6.07, 6.45) is 0. The number of carbonyl (C=O) groups is 1. The van der Waals surface area contributed by atoms with Crippen molar-refractivity contribution in [1.82, 2.24) is 9.80 Å². The highest BCUT2D eigenvalue weighted by Crippen LogP contribution is 2.26. The van der Waals surface area contributed by atoms with Gasteiger partial charge in [-0.3, -0.25) is 14.6 Å². The minimum absolute atomic E-state index is 0.0162. The number of methoxy groups -OCH3 is 2. The Balaban J connectivity index is 1.55. The first-order chi connectivity index (χ1) is 14.4. The molecule has 0 aliphatic carbocycles. The van der Waals surface area contributed by atoms with E-state index in [1.165, 1.54) is 0 Å². The predicted octanol–water partition coefficient (Wildman–Crippen LogP) is 3.92. The number of hydrogen-bond acceptors (Lipinski definition) is 5. The summed E-state index contributed by atoms with van der Waals surface area (Å²) in [6.45, 7) is 8.27. The summed E-state index contributed by atoms with van der Waals surface area (Å²) < 4.78 is 11.8. The smallest absolute Gasteiger partial charge is 0.241 e. The lowest BCUT2D eigenvalue weighted by Gasteiger charge is -2.37. The minimum Gasteiger partial charge on any atom is -0.497 e. The molecule has 2 aromatic rings. The normalized spacial score (nSPS) is 16.2. The van der Waals surface area contributed by atoms with Gasteiger partial charge in [-0.05, 0) is 65.7 Å². The first kappa shape index (κ1) is 22.6. The second kappa shape index (κ2) is 10.3. The fraction of sp³-hybridized carbons (Fsp3) is 0.435. The number of amides is 1. The average Bonchev–Trinajstić information content (AvgIpc) is 2.75. The lowest BCUT2D eigenvalue weighted by atomic mass is 10.1. The van der Waals surface area contributed by atoms with Crippen LogP contribution in [-0.2, 0) is 11.3 Å². The van der Waals surface area contributed by atoms with Gasteiger partial charge in [0.2, 0.25) is 5.91 Å². The standard InChI is InChI=1S/C23H30BrN3O3/c1-16-5-7-21(20(24)13-16)25-23(28)17(2)27-11-9-26(10-12-27)15-18-14-19(29-3)6-8-22(18)30-4/h5-8,13-14,17H,9-12,15H2,1-4H3,(H,25,28). The van der Waals surface area contributed by atoms with E-state index < -0.39 is 0 Å². The third-order valence-electron chi connectivity index (χ3n) is 5.60. The Kier molecular flexibility index (Phi) is 7.75. The van der Waals surface area contributed by atoms with E-state index >= 15 is 0 Å². The summed E-state index contributed by atoms with van der Waals surface area (Å²) in [5, 5.41) is 3.04. The van der Waals surface area contributed by atoms with Crippen LogP contribution in [0.5, 0.6) is 11.5 Å². The number of carbonyl (C=O) groups excluding carboxylic acids is 1. The third kappa shape index (κ3) is 5.53. The molecule has 3 rings (SSSR count). The minimum atomic E-state index is -0.188. The fourth-order valence-corrected chi connectivity index (χ4v) is 4.27. The van der Waals surface area contributed by atoms with Gasteiger partial charge < -0.3 is 14.8 Å². The number of anilines is 1. The Bertz CT molecular complexity index is 882. The summed E-state index contributed by atoms with van der Waals surface area (Å²) in [6, 6.07) is 11.6. The second-order valence-corrected chi connectivity index (χ2v) is 8.49. The van der Waals surface area contributed by atoms with Crippen molar-refractivity contribution in [3.63, 3.8) is 0 Å². The molecule has 6 nitrogen and oxygen atoms in total. The molecule has 1 aliphatic rings. The van der Waals surface area contributed by atoms with Gasteiger partial charge in [0.25, 0.3) is 0 Å². The number of halogens is 1. The van der Waals surface area contributed by atoms with Gasteiger partial charge in [0, 0.05) is 42.8 Å². The molecule has 0 radical (unpaired) electrons. The highest BCUT2D eigenvalue weighted by Gasteiger charge is 2.26. The Morgan fingerprint density at radius 2 is 1.83 bits per heavy atom. The Hall–Kier alpha value is -2.09. The number of nitrogens with one attached hydrogen (secondary N) is 1. The van der Waals surface area contributed by atoms with Crippen LogP contribution < -0.4 is 14.8 Å². The Morgan fingerprint density at radius 3 is 2.47 bits per heavy atom. The maximum Gasteiger partial charge on any atom is 0.241 e. The summed E-state index contributed by atoms with van der Waals surface area (Å²) in [5.41, 5.74) is 3.07. The summed E-state index contributed by atoms with van der Waals surface area (Å²) >= 11 is 3.53. The Labute approximate surface area is 187 Å². The van der Waals surface area contributed by atoms with Crippen LogP contribution in [-0.4, -0.2) is 62.1 Å². The first-order valence-corrected chi connectivity index (χ1v) is 10.9. The molecule has 0 spiro atoms. The molecular weight excluding hydrogens is 446 g/mol. The molecule has 1 fully saturated rings. The van der Waals surface area contributed by atoms with E-state index in [0.29, 0.717) is 0 Å². The molecule has 0 saturated carbocycles. The molecule has 1 aliphatic heterocycles. The number of nitrogens with zero attached hydrogens (tertiary/aromatic N) is 2. The van der Waals surface area contributed by atoms with Gasteiger partial charge in [0.15, 0.2) is 0 Å². The zero-order valence-electron chi connectivity index (χ0n) is 18.1. The van der Waals surface area contributed by atoms with Gasteiger partial charge in [-0.25, -0.2) is 0 Å². The fourth-order valence-electron chi connectivity index (χ4n) is 3.68. The third-order valence-corrected chi connectivity index (χ3v) is 6.25. The van der Waals surface area contributed by atoms with Crippen LogP contribution in [0.4, 0.5) is 5.69 Å². The molecule has 1 heterocycles. The van der Waals surface area contributed by atoms with E-state index in [9.17, 15) is 4.79 Å². The number of piperazine rings is 1. The van der Waals surface area contributed by atoms with E-state index in [2.05, 4.69) is 31.0 Å². The van der Waals surface area contributed by atoms with Gasteiger partial charge in [-0.2, -0.15) is 0 Å². The van der Waals surface area contributed by atoms with E-state index in [4.69, 9.17) is 9.47 Å². The lowest BCUT2D eigenvalue weighted by Crippen LogP contribution is -2.52. The first-order valence-electron chi connectivity index (χ1n) is 10.2. The topological polar surface area (TPSA) is 54.0 Å². The number of ether oxygens (including phenoxy) is 2. The summed E-state index contributed by atoms with van der Waals surface area (Å²) in [5.74, 6) is 1.72. The molecule has 1 amide bonds. The van der Waals surface area contributed by atoms with Crippen molar-refractivity contribution in [2.75, 3.05) is 45.7 Å². The molecular formula is C23H30BrN3O3. The second-order valence-electron chi connectivity index (χ2n) is 7.64. The number of benzene rings is 2. The van der Waals surface area contributed by atoms with Gasteiger partial charge in [0.1, 0.15) is 11.5 Å². The average molecular weight is 476 g/mol. The van der Waals surface area contributed by atoms with Crippen molar-refractivity contribution in [1.29, 1.82) is 0 Å².